The fourth-order valence-corrected chi connectivity index (χ4v) is 5.01. The van der Waals surface area contributed by atoms with Crippen LogP contribution in [0, 0.1) is 12.7 Å². The number of amides is 1. The number of alkyl halides is 3. The summed E-state index contributed by atoms with van der Waals surface area (Å²) < 4.78 is 56.3. The van der Waals surface area contributed by atoms with Gasteiger partial charge in [0.1, 0.15) is 23.5 Å². The number of hydrogen-bond acceptors (Lipinski definition) is 7. The average Bonchev–Trinajstić information content (AvgIpc) is 3.64. The second-order valence-electron chi connectivity index (χ2n) is 10.8. The Morgan fingerprint density at radius 1 is 1.06 bits per heavy atom. The van der Waals surface area contributed by atoms with Crippen LogP contribution in [-0.4, -0.2) is 54.9 Å². The molecule has 2 heterocycles. The molecule has 0 saturated carbocycles. The van der Waals surface area contributed by atoms with E-state index in [4.69, 9.17) is 19.4 Å². The van der Waals surface area contributed by atoms with Crippen molar-refractivity contribution in [2.45, 2.75) is 71.0 Å². The topological polar surface area (TPSA) is 150 Å². The third kappa shape index (κ3) is 10.4. The lowest BCUT2D eigenvalue weighted by Gasteiger charge is -2.17. The highest BCUT2D eigenvalue weighted by Gasteiger charge is 2.29. The number of nitrogens with two attached hydrogens (primary N) is 1. The van der Waals surface area contributed by atoms with Gasteiger partial charge >= 0.3 is 6.18 Å². The van der Waals surface area contributed by atoms with Crippen LogP contribution >= 0.6 is 0 Å². The number of carbonyl (C=O) groups is 3. The number of unbranched alkanes of at least 4 members (excludes halogenated alkanes) is 2. The van der Waals surface area contributed by atoms with E-state index < -0.39 is 18.0 Å². The van der Waals surface area contributed by atoms with Crippen molar-refractivity contribution in [3.63, 3.8) is 0 Å². The molecule has 4 N–H and O–H groups in total. The minimum atomic E-state index is -5.19. The van der Waals surface area contributed by atoms with Gasteiger partial charge in [0.05, 0.1) is 26.8 Å². The fourth-order valence-electron chi connectivity index (χ4n) is 5.01. The molecule has 14 heteroatoms. The molecule has 1 atom stereocenters. The van der Waals surface area contributed by atoms with Crippen molar-refractivity contribution in [2.75, 3.05) is 14.2 Å². The highest BCUT2D eigenvalue weighted by Crippen LogP contribution is 2.27. The van der Waals surface area contributed by atoms with E-state index in [0.717, 1.165) is 58.7 Å². The molecule has 0 radical (unpaired) electrons. The van der Waals surface area contributed by atoms with Gasteiger partial charge in [-0.05, 0) is 61.7 Å². The summed E-state index contributed by atoms with van der Waals surface area (Å²) in [5.41, 5.74) is 4.26. The van der Waals surface area contributed by atoms with Crippen LogP contribution in [0.3, 0.4) is 0 Å². The Labute approximate surface area is 269 Å². The SMILES string of the molecule is CCC(=O)CCCCCC(NC(=O)Cc1c(C)[nH]c2ccc(OC)cc12)C1=NC=C(c2ccc(OC)c(F)c2)[NH2+]1.O=C([O-])C(F)(F)F. The van der Waals surface area contributed by atoms with Crippen LogP contribution in [0.25, 0.3) is 16.6 Å². The second kappa shape index (κ2) is 16.7. The minimum Gasteiger partial charge on any atom is -0.542 e. The maximum atomic E-state index is 14.3. The number of ketones is 1. The van der Waals surface area contributed by atoms with Crippen molar-refractivity contribution in [1.29, 1.82) is 0 Å². The highest BCUT2D eigenvalue weighted by atomic mass is 19.4. The number of H-pyrrole nitrogens is 1. The lowest BCUT2D eigenvalue weighted by molar-refractivity contribution is -0.434. The minimum absolute atomic E-state index is 0.113. The van der Waals surface area contributed by atoms with Crippen LogP contribution in [0.4, 0.5) is 17.6 Å². The molecule has 1 amide bonds. The summed E-state index contributed by atoms with van der Waals surface area (Å²) >= 11 is 0. The summed E-state index contributed by atoms with van der Waals surface area (Å²) in [7, 11) is 3.05. The number of hydrogen-bond donors (Lipinski definition) is 3. The average molecular weight is 663 g/mol. The van der Waals surface area contributed by atoms with Gasteiger partial charge in [0.25, 0.3) is 0 Å². The maximum Gasteiger partial charge on any atom is 0.430 e. The zero-order valence-corrected chi connectivity index (χ0v) is 26.6. The monoisotopic (exact) mass is 662 g/mol. The molecular formula is C33H38F4N4O6. The van der Waals surface area contributed by atoms with E-state index >= 15 is 0 Å². The van der Waals surface area contributed by atoms with Crippen molar-refractivity contribution in [1.82, 2.24) is 10.3 Å². The number of ether oxygens (including phenoxy) is 2. The number of aliphatic carboxylic acids is 1. The third-order valence-corrected chi connectivity index (χ3v) is 7.57. The van der Waals surface area contributed by atoms with Crippen LogP contribution in [-0.2, 0) is 20.8 Å². The Bertz CT molecular complexity index is 1650. The summed E-state index contributed by atoms with van der Waals surface area (Å²) in [6.45, 7) is 3.84. The first-order valence-electron chi connectivity index (χ1n) is 15.0. The zero-order chi connectivity index (χ0) is 34.7. The molecule has 4 rings (SSSR count). The molecule has 254 valence electrons. The largest absolute Gasteiger partial charge is 0.542 e. The number of fused-ring (bicyclic) bond motifs is 1. The standard InChI is InChI=1S/C31H37FN4O4.C2HF3O2/c1-5-21(37)9-7-6-8-10-27(31-33-18-28(36-31)20-11-14-29(40-4)25(32)15-20)35-30(38)17-23-19(2)34-26-13-12-22(39-3)16-24(23)26;3-2(4,5)1(6)7/h11-16,18,27,34H,5-10,17H2,1-4H3,(H,33,36)(H,35,38);(H,6,7). The molecule has 0 spiro atoms. The summed E-state index contributed by atoms with van der Waals surface area (Å²) in [5, 5.41) is 14.8. The van der Waals surface area contributed by atoms with E-state index in [-0.39, 0.29) is 29.9 Å². The highest BCUT2D eigenvalue weighted by molar-refractivity contribution is 5.94. The number of carbonyl (C=O) groups excluding carboxylic acids is 3. The number of carboxylic acids is 1. The van der Waals surface area contributed by atoms with Gasteiger partial charge in [-0.2, -0.15) is 13.2 Å². The lowest BCUT2D eigenvalue weighted by Crippen LogP contribution is -2.87. The number of benzene rings is 2. The van der Waals surface area contributed by atoms with Gasteiger partial charge in [-0.3, -0.25) is 14.9 Å². The quantitative estimate of drug-likeness (QED) is 0.176. The van der Waals surface area contributed by atoms with Crippen molar-refractivity contribution < 1.29 is 51.8 Å². The number of aliphatic imine (C=N–C) groups is 1. The Kier molecular flexibility index (Phi) is 13.1. The molecule has 0 saturated heterocycles. The zero-order valence-electron chi connectivity index (χ0n) is 26.6. The van der Waals surface area contributed by atoms with Crippen LogP contribution in [0.5, 0.6) is 11.5 Å². The van der Waals surface area contributed by atoms with Gasteiger partial charge < -0.3 is 29.7 Å². The molecule has 2 aromatic carbocycles. The number of nitrogens with one attached hydrogen (secondary N) is 2. The number of carboxylic acid groups (broad SMARTS) is 1. The number of aromatic amines is 1. The van der Waals surface area contributed by atoms with E-state index in [0.29, 0.717) is 24.8 Å². The number of halogens is 4. The number of methoxy groups -OCH3 is 2. The smallest absolute Gasteiger partial charge is 0.430 e. The Hall–Kier alpha value is -4.72. The number of rotatable bonds is 14. The van der Waals surface area contributed by atoms with Crippen molar-refractivity contribution in [3.05, 3.63) is 65.2 Å². The van der Waals surface area contributed by atoms with Gasteiger partial charge in [0.15, 0.2) is 17.3 Å². The van der Waals surface area contributed by atoms with E-state index in [1.165, 1.54) is 13.2 Å². The van der Waals surface area contributed by atoms with Crippen LogP contribution in [0.2, 0.25) is 0 Å². The molecule has 0 aliphatic carbocycles. The first kappa shape index (κ1) is 36.7. The van der Waals surface area contributed by atoms with E-state index in [1.807, 2.05) is 37.4 Å². The van der Waals surface area contributed by atoms with Gasteiger partial charge in [0.2, 0.25) is 11.7 Å². The van der Waals surface area contributed by atoms with E-state index in [2.05, 4.69) is 15.3 Å². The summed E-state index contributed by atoms with van der Waals surface area (Å²) in [5.74, 6) is -1.66. The van der Waals surface area contributed by atoms with Crippen molar-refractivity contribution in [3.8, 4) is 11.5 Å². The first-order chi connectivity index (χ1) is 22.3. The van der Waals surface area contributed by atoms with Gasteiger partial charge in [-0.1, -0.05) is 19.8 Å². The predicted octanol–water partition coefficient (Wildman–Crippen LogP) is 3.86. The first-order valence-corrected chi connectivity index (χ1v) is 15.0. The normalized spacial score (nSPS) is 13.3. The second-order valence-corrected chi connectivity index (χ2v) is 10.8. The van der Waals surface area contributed by atoms with Crippen LogP contribution < -0.4 is 25.2 Å². The molecule has 0 fully saturated rings. The molecule has 1 aliphatic rings. The maximum absolute atomic E-state index is 14.3. The lowest BCUT2D eigenvalue weighted by atomic mass is 10.0. The Morgan fingerprint density at radius 2 is 1.79 bits per heavy atom. The van der Waals surface area contributed by atoms with Crippen LogP contribution in [0.1, 0.15) is 62.3 Å². The number of quaternary nitrogens is 1. The number of amidine groups is 1. The van der Waals surface area contributed by atoms with Crippen LogP contribution in [0.15, 0.2) is 47.6 Å². The molecule has 0 bridgehead atoms. The molecule has 47 heavy (non-hydrogen) atoms. The number of aryl methyl sites for hydroxylation is 1. The number of nitrogens with zero attached hydrogens (tertiary/aromatic N) is 1. The molecule has 10 nitrogen and oxygen atoms in total. The molecular weight excluding hydrogens is 624 g/mol. The van der Waals surface area contributed by atoms with Gasteiger partial charge in [0, 0.05) is 35.0 Å². The van der Waals surface area contributed by atoms with E-state index in [9.17, 15) is 27.2 Å². The third-order valence-electron chi connectivity index (χ3n) is 7.57. The fraction of sp³-hybridized carbons (Fsp3) is 0.394. The molecule has 3 aromatic rings. The van der Waals surface area contributed by atoms with Gasteiger partial charge in [-0.25, -0.2) is 9.38 Å². The summed E-state index contributed by atoms with van der Waals surface area (Å²) in [6.07, 6.45) is 1.09. The summed E-state index contributed by atoms with van der Waals surface area (Å²) in [6, 6.07) is 10.3. The number of aromatic nitrogens is 1. The predicted molar refractivity (Wildman–Crippen MR) is 165 cm³/mol. The molecule has 1 aromatic heterocycles. The van der Waals surface area contributed by atoms with Crippen molar-refractivity contribution >= 4 is 40.1 Å². The summed E-state index contributed by atoms with van der Waals surface area (Å²) in [4.78, 5) is 41.8. The molecule has 1 unspecified atom stereocenters. The Balaban J connectivity index is 0.000000771. The molecule has 1 aliphatic heterocycles. The Morgan fingerprint density at radius 3 is 2.40 bits per heavy atom. The van der Waals surface area contributed by atoms with Crippen molar-refractivity contribution in [2.24, 2.45) is 4.99 Å². The number of Topliss-reactive ketones (excluding diaryl/α,β-unsaturated/α-hetero) is 1. The van der Waals surface area contributed by atoms with E-state index in [1.54, 1.807) is 25.4 Å². The van der Waals surface area contributed by atoms with Gasteiger partial charge in [-0.15, -0.1) is 0 Å².